The van der Waals surface area contributed by atoms with Crippen LogP contribution in [0, 0.1) is 0 Å². The second-order valence-electron chi connectivity index (χ2n) is 5.04. The van der Waals surface area contributed by atoms with Crippen LogP contribution in [-0.2, 0) is 21.1 Å². The Morgan fingerprint density at radius 2 is 1.91 bits per heavy atom. The molecule has 5 nitrogen and oxygen atoms in total. The van der Waals surface area contributed by atoms with Crippen molar-refractivity contribution in [1.82, 2.24) is 5.32 Å². The molecule has 1 heterocycles. The number of nitrogens with one attached hydrogen (secondary N) is 1. The van der Waals surface area contributed by atoms with Crippen molar-refractivity contribution in [2.24, 2.45) is 0 Å². The summed E-state index contributed by atoms with van der Waals surface area (Å²) in [6.45, 7) is 0. The highest BCUT2D eigenvalue weighted by Crippen LogP contribution is 2.22. The SMILES string of the molecule is O=C(Cc1ccc(OC(F)(F)F)cc1)NC1CCS(=O)(=O)C1. The van der Waals surface area contributed by atoms with Gasteiger partial charge in [0.25, 0.3) is 0 Å². The molecule has 0 aliphatic carbocycles. The van der Waals surface area contributed by atoms with Crippen molar-refractivity contribution in [3.05, 3.63) is 29.8 Å². The van der Waals surface area contributed by atoms with Crippen LogP contribution in [0.15, 0.2) is 24.3 Å². The second-order valence-corrected chi connectivity index (χ2v) is 7.26. The fourth-order valence-electron chi connectivity index (χ4n) is 2.18. The zero-order valence-corrected chi connectivity index (χ0v) is 12.2. The first kappa shape index (κ1) is 16.6. The van der Waals surface area contributed by atoms with Gasteiger partial charge in [-0.25, -0.2) is 8.42 Å². The third-order valence-electron chi connectivity index (χ3n) is 3.12. The molecule has 9 heteroatoms. The van der Waals surface area contributed by atoms with Gasteiger partial charge in [-0.05, 0) is 24.1 Å². The predicted octanol–water partition coefficient (Wildman–Crippen LogP) is 1.43. The van der Waals surface area contributed by atoms with E-state index in [2.05, 4.69) is 10.1 Å². The third kappa shape index (κ3) is 5.21. The fourth-order valence-corrected chi connectivity index (χ4v) is 3.86. The Bertz CT molecular complexity index is 640. The van der Waals surface area contributed by atoms with E-state index in [9.17, 15) is 26.4 Å². The van der Waals surface area contributed by atoms with E-state index < -0.39 is 22.2 Å². The summed E-state index contributed by atoms with van der Waals surface area (Å²) in [7, 11) is -3.07. The zero-order chi connectivity index (χ0) is 16.4. The van der Waals surface area contributed by atoms with Crippen molar-refractivity contribution in [2.45, 2.75) is 25.2 Å². The van der Waals surface area contributed by atoms with E-state index in [1.807, 2.05) is 0 Å². The highest BCUT2D eigenvalue weighted by atomic mass is 32.2. The minimum Gasteiger partial charge on any atom is -0.406 e. The van der Waals surface area contributed by atoms with Crippen LogP contribution in [0.5, 0.6) is 5.75 Å². The fraction of sp³-hybridized carbons (Fsp3) is 0.462. The normalized spacial score (nSPS) is 20.6. The van der Waals surface area contributed by atoms with Crippen molar-refractivity contribution in [1.29, 1.82) is 0 Å². The molecule has 1 atom stereocenters. The van der Waals surface area contributed by atoms with E-state index in [1.54, 1.807) is 0 Å². The number of benzene rings is 1. The molecule has 1 unspecified atom stereocenters. The molecule has 1 aromatic carbocycles. The summed E-state index contributed by atoms with van der Waals surface area (Å²) in [5.41, 5.74) is 0.507. The van der Waals surface area contributed by atoms with Crippen LogP contribution >= 0.6 is 0 Å². The Hall–Kier alpha value is -1.77. The summed E-state index contributed by atoms with van der Waals surface area (Å²) in [4.78, 5) is 11.8. The summed E-state index contributed by atoms with van der Waals surface area (Å²) in [6.07, 6.45) is -4.41. The average molecular weight is 337 g/mol. The molecular formula is C13H14F3NO4S. The molecule has 0 bridgehead atoms. The number of carbonyl (C=O) groups is 1. The minimum atomic E-state index is -4.76. The summed E-state index contributed by atoms with van der Waals surface area (Å²) >= 11 is 0. The summed E-state index contributed by atoms with van der Waals surface area (Å²) in [5.74, 6) is -0.747. The quantitative estimate of drug-likeness (QED) is 0.902. The summed E-state index contributed by atoms with van der Waals surface area (Å²) in [5, 5.41) is 2.61. The molecular weight excluding hydrogens is 323 g/mol. The highest BCUT2D eigenvalue weighted by molar-refractivity contribution is 7.91. The van der Waals surface area contributed by atoms with Crippen LogP contribution in [0.4, 0.5) is 13.2 Å². The predicted molar refractivity (Wildman–Crippen MR) is 72.0 cm³/mol. The molecule has 1 aliphatic heterocycles. The number of carbonyl (C=O) groups excluding carboxylic acids is 1. The van der Waals surface area contributed by atoms with Crippen molar-refractivity contribution in [3.63, 3.8) is 0 Å². The Labute approximate surface area is 125 Å². The molecule has 0 aromatic heterocycles. The van der Waals surface area contributed by atoms with E-state index in [1.165, 1.54) is 12.1 Å². The van der Waals surface area contributed by atoms with Crippen LogP contribution < -0.4 is 10.1 Å². The topological polar surface area (TPSA) is 72.5 Å². The molecule has 1 amide bonds. The molecule has 122 valence electrons. The largest absolute Gasteiger partial charge is 0.573 e. The molecule has 1 N–H and O–H groups in total. The molecule has 2 rings (SSSR count). The number of ether oxygens (including phenoxy) is 1. The lowest BCUT2D eigenvalue weighted by Gasteiger charge is -2.11. The molecule has 1 saturated heterocycles. The van der Waals surface area contributed by atoms with E-state index in [0.29, 0.717) is 12.0 Å². The first-order chi connectivity index (χ1) is 10.1. The average Bonchev–Trinajstić information content (AvgIpc) is 2.69. The van der Waals surface area contributed by atoms with E-state index in [0.717, 1.165) is 12.1 Å². The van der Waals surface area contributed by atoms with Gasteiger partial charge in [0.2, 0.25) is 5.91 Å². The van der Waals surface area contributed by atoms with E-state index in [4.69, 9.17) is 0 Å². The second kappa shape index (κ2) is 6.15. The zero-order valence-electron chi connectivity index (χ0n) is 11.4. The van der Waals surface area contributed by atoms with E-state index >= 15 is 0 Å². The number of halogens is 3. The smallest absolute Gasteiger partial charge is 0.406 e. The molecule has 1 aliphatic rings. The van der Waals surface area contributed by atoms with Gasteiger partial charge in [0.05, 0.1) is 17.9 Å². The Morgan fingerprint density at radius 1 is 1.27 bits per heavy atom. The van der Waals surface area contributed by atoms with Crippen LogP contribution in [0.3, 0.4) is 0 Å². The van der Waals surface area contributed by atoms with Crippen LogP contribution in [0.1, 0.15) is 12.0 Å². The van der Waals surface area contributed by atoms with Crippen molar-refractivity contribution in [2.75, 3.05) is 11.5 Å². The third-order valence-corrected chi connectivity index (χ3v) is 4.89. The molecule has 22 heavy (non-hydrogen) atoms. The van der Waals surface area contributed by atoms with Crippen molar-refractivity contribution < 1.29 is 31.1 Å². The molecule has 1 aromatic rings. The van der Waals surface area contributed by atoms with Gasteiger partial charge in [0.15, 0.2) is 9.84 Å². The van der Waals surface area contributed by atoms with Gasteiger partial charge in [-0.3, -0.25) is 4.79 Å². The van der Waals surface area contributed by atoms with Gasteiger partial charge in [0, 0.05) is 6.04 Å². The number of hydrogen-bond acceptors (Lipinski definition) is 4. The molecule has 0 saturated carbocycles. The van der Waals surface area contributed by atoms with E-state index in [-0.39, 0.29) is 29.6 Å². The number of alkyl halides is 3. The number of hydrogen-bond donors (Lipinski definition) is 1. The van der Waals surface area contributed by atoms with Crippen molar-refractivity contribution >= 4 is 15.7 Å². The Kier molecular flexibility index (Phi) is 4.64. The Morgan fingerprint density at radius 3 is 2.41 bits per heavy atom. The maximum Gasteiger partial charge on any atom is 0.573 e. The summed E-state index contributed by atoms with van der Waals surface area (Å²) in [6, 6.07) is 4.55. The highest BCUT2D eigenvalue weighted by Gasteiger charge is 2.31. The van der Waals surface area contributed by atoms with Gasteiger partial charge in [-0.15, -0.1) is 13.2 Å². The van der Waals surface area contributed by atoms with Crippen LogP contribution in [-0.4, -0.2) is 38.2 Å². The first-order valence-electron chi connectivity index (χ1n) is 6.47. The standard InChI is InChI=1S/C13H14F3NO4S/c14-13(15,16)21-11-3-1-9(2-4-11)7-12(18)17-10-5-6-22(19,20)8-10/h1-4,10H,5-8H2,(H,17,18). The van der Waals surface area contributed by atoms with Gasteiger partial charge < -0.3 is 10.1 Å². The maximum absolute atomic E-state index is 12.0. The lowest BCUT2D eigenvalue weighted by Crippen LogP contribution is -2.36. The minimum absolute atomic E-state index is 0.0388. The molecule has 0 radical (unpaired) electrons. The molecule has 0 spiro atoms. The lowest BCUT2D eigenvalue weighted by molar-refractivity contribution is -0.274. The van der Waals surface area contributed by atoms with Gasteiger partial charge in [-0.2, -0.15) is 0 Å². The maximum atomic E-state index is 12.0. The van der Waals surface area contributed by atoms with Crippen molar-refractivity contribution in [3.8, 4) is 5.75 Å². The van der Waals surface area contributed by atoms with Gasteiger partial charge >= 0.3 is 6.36 Å². The van der Waals surface area contributed by atoms with Gasteiger partial charge in [0.1, 0.15) is 5.75 Å². The lowest BCUT2D eigenvalue weighted by atomic mass is 10.1. The number of sulfone groups is 1. The number of rotatable bonds is 4. The molecule has 1 fully saturated rings. The number of amides is 1. The monoisotopic (exact) mass is 337 g/mol. The van der Waals surface area contributed by atoms with Crippen LogP contribution in [0.2, 0.25) is 0 Å². The Balaban J connectivity index is 1.87. The first-order valence-corrected chi connectivity index (χ1v) is 8.30. The van der Waals surface area contributed by atoms with Crippen LogP contribution in [0.25, 0.3) is 0 Å². The van der Waals surface area contributed by atoms with Gasteiger partial charge in [-0.1, -0.05) is 12.1 Å². The summed E-state index contributed by atoms with van der Waals surface area (Å²) < 4.78 is 62.3.